The number of alkyl halides is 7. The summed E-state index contributed by atoms with van der Waals surface area (Å²) in [5, 5.41) is 0. The van der Waals surface area contributed by atoms with Gasteiger partial charge in [0.25, 0.3) is 0 Å². The van der Waals surface area contributed by atoms with Crippen LogP contribution in [0.3, 0.4) is 0 Å². The molecule has 1 rings (SSSR count). The minimum absolute atomic E-state index is 0.119. The molecule has 2 N–H and O–H groups in total. The maximum Gasteiger partial charge on any atom is 0.433 e. The molecule has 19 heavy (non-hydrogen) atoms. The second-order valence-electron chi connectivity index (χ2n) is 3.92. The number of hydrogen-bond acceptors (Lipinski definition) is 1. The molecule has 0 aliphatic carbocycles. The SMILES string of the molecule is CCc1cc(C(F)(C(F)(F)F)C(F)(F)Br)ccc1N. The van der Waals surface area contributed by atoms with E-state index < -0.39 is 22.2 Å². The van der Waals surface area contributed by atoms with Crippen LogP contribution in [0.1, 0.15) is 18.1 Å². The molecule has 0 aromatic heterocycles. The number of aryl methyl sites for hydroxylation is 1. The highest BCUT2D eigenvalue weighted by Crippen LogP contribution is 2.55. The van der Waals surface area contributed by atoms with Gasteiger partial charge >= 0.3 is 16.7 Å². The molecule has 0 radical (unpaired) electrons. The maximum atomic E-state index is 14.0. The molecular formula is C11H10BrF6N. The minimum Gasteiger partial charge on any atom is -0.399 e. The number of nitrogen functional groups attached to an aromatic ring is 1. The first-order chi connectivity index (χ1) is 8.45. The predicted octanol–water partition coefficient (Wildman–Crippen LogP) is 4.55. The number of benzene rings is 1. The van der Waals surface area contributed by atoms with Gasteiger partial charge in [-0.05, 0) is 40.0 Å². The van der Waals surface area contributed by atoms with Crippen molar-refractivity contribution in [2.24, 2.45) is 0 Å². The van der Waals surface area contributed by atoms with E-state index in [1.54, 1.807) is 6.92 Å². The Morgan fingerprint density at radius 3 is 2.00 bits per heavy atom. The maximum absolute atomic E-state index is 14.0. The summed E-state index contributed by atoms with van der Waals surface area (Å²) >= 11 is 1.48. The summed E-state index contributed by atoms with van der Waals surface area (Å²) < 4.78 is 78.3. The minimum atomic E-state index is -5.78. The number of halogens is 7. The molecule has 8 heteroatoms. The lowest BCUT2D eigenvalue weighted by Gasteiger charge is -2.32. The first-order valence-corrected chi connectivity index (χ1v) is 5.95. The van der Waals surface area contributed by atoms with Gasteiger partial charge in [0.2, 0.25) is 0 Å². The number of nitrogens with two attached hydrogens (primary N) is 1. The van der Waals surface area contributed by atoms with Crippen molar-refractivity contribution in [2.75, 3.05) is 5.73 Å². The van der Waals surface area contributed by atoms with Gasteiger partial charge in [0.15, 0.2) is 0 Å². The number of hydrogen-bond donors (Lipinski definition) is 1. The van der Waals surface area contributed by atoms with Crippen molar-refractivity contribution in [1.82, 2.24) is 0 Å². The van der Waals surface area contributed by atoms with Crippen molar-refractivity contribution >= 4 is 21.6 Å². The van der Waals surface area contributed by atoms with Crippen molar-refractivity contribution < 1.29 is 26.3 Å². The van der Waals surface area contributed by atoms with Crippen LogP contribution < -0.4 is 5.73 Å². The summed E-state index contributed by atoms with van der Waals surface area (Å²) in [5.41, 5.74) is -0.264. The smallest absolute Gasteiger partial charge is 0.399 e. The third-order valence-electron chi connectivity index (χ3n) is 2.70. The lowest BCUT2D eigenvalue weighted by Crippen LogP contribution is -2.49. The zero-order valence-corrected chi connectivity index (χ0v) is 11.2. The molecule has 1 aromatic carbocycles. The Balaban J connectivity index is 3.52. The summed E-state index contributed by atoms with van der Waals surface area (Å²) in [6.07, 6.45) is -5.58. The molecule has 0 saturated heterocycles. The van der Waals surface area contributed by atoms with Crippen molar-refractivity contribution in [3.8, 4) is 0 Å². The number of rotatable bonds is 3. The van der Waals surface area contributed by atoms with Crippen molar-refractivity contribution in [2.45, 2.75) is 30.0 Å². The first kappa shape index (κ1) is 16.1. The third kappa shape index (κ3) is 2.68. The van der Waals surface area contributed by atoms with Gasteiger partial charge in [-0.1, -0.05) is 13.0 Å². The molecule has 0 heterocycles. The Bertz CT molecular complexity index is 451. The zero-order chi connectivity index (χ0) is 15.1. The van der Waals surface area contributed by atoms with Gasteiger partial charge in [-0.2, -0.15) is 22.0 Å². The van der Waals surface area contributed by atoms with E-state index in [-0.39, 0.29) is 17.7 Å². The van der Waals surface area contributed by atoms with Crippen LogP contribution in [-0.2, 0) is 12.1 Å². The van der Waals surface area contributed by atoms with Gasteiger partial charge < -0.3 is 5.73 Å². The Hall–Kier alpha value is -0.920. The van der Waals surface area contributed by atoms with Gasteiger partial charge in [-0.25, -0.2) is 4.39 Å². The summed E-state index contributed by atoms with van der Waals surface area (Å²) in [4.78, 5) is -4.79. The monoisotopic (exact) mass is 349 g/mol. The zero-order valence-electron chi connectivity index (χ0n) is 9.66. The van der Waals surface area contributed by atoms with Crippen molar-refractivity contribution in [3.05, 3.63) is 29.3 Å². The average molecular weight is 350 g/mol. The predicted molar refractivity (Wildman–Crippen MR) is 62.9 cm³/mol. The van der Waals surface area contributed by atoms with Crippen molar-refractivity contribution in [3.63, 3.8) is 0 Å². The van der Waals surface area contributed by atoms with Crippen LogP contribution in [0.4, 0.5) is 32.0 Å². The van der Waals surface area contributed by atoms with Crippen LogP contribution in [0.2, 0.25) is 0 Å². The molecule has 108 valence electrons. The molecule has 0 aliphatic heterocycles. The Kier molecular flexibility index (Phi) is 4.15. The molecule has 1 aromatic rings. The molecule has 0 amide bonds. The Morgan fingerprint density at radius 2 is 1.63 bits per heavy atom. The highest BCUT2D eigenvalue weighted by molar-refractivity contribution is 9.10. The van der Waals surface area contributed by atoms with Crippen LogP contribution in [0.5, 0.6) is 0 Å². The van der Waals surface area contributed by atoms with Gasteiger partial charge in [0, 0.05) is 11.3 Å². The normalized spacial score (nSPS) is 16.2. The van der Waals surface area contributed by atoms with Crippen LogP contribution in [0.15, 0.2) is 18.2 Å². The topological polar surface area (TPSA) is 26.0 Å². The quantitative estimate of drug-likeness (QED) is 0.483. The number of anilines is 1. The second kappa shape index (κ2) is 4.88. The summed E-state index contributed by atoms with van der Waals surface area (Å²) in [5.74, 6) is 0. The van der Waals surface area contributed by atoms with E-state index in [1.807, 2.05) is 0 Å². The molecule has 0 aliphatic rings. The molecule has 0 bridgehead atoms. The summed E-state index contributed by atoms with van der Waals surface area (Å²) in [7, 11) is 0. The molecule has 0 fully saturated rings. The van der Waals surface area contributed by atoms with E-state index in [2.05, 4.69) is 0 Å². The highest BCUT2D eigenvalue weighted by atomic mass is 79.9. The second-order valence-corrected chi connectivity index (χ2v) is 4.92. The van der Waals surface area contributed by atoms with Crippen LogP contribution in [0, 0.1) is 0 Å². The lowest BCUT2D eigenvalue weighted by atomic mass is 9.92. The van der Waals surface area contributed by atoms with Gasteiger partial charge in [-0.15, -0.1) is 0 Å². The fourth-order valence-corrected chi connectivity index (χ4v) is 2.07. The standard InChI is InChI=1S/C11H10BrF6N/c1-2-6-5-7(3-4-8(6)19)9(13,10(12,14)15)11(16,17)18/h3-5H,2,19H2,1H3. The molecule has 1 unspecified atom stereocenters. The van der Waals surface area contributed by atoms with E-state index in [0.717, 1.165) is 6.07 Å². The fourth-order valence-electron chi connectivity index (χ4n) is 1.61. The van der Waals surface area contributed by atoms with E-state index in [1.165, 1.54) is 15.9 Å². The molecule has 1 nitrogen and oxygen atoms in total. The lowest BCUT2D eigenvalue weighted by molar-refractivity contribution is -0.282. The van der Waals surface area contributed by atoms with Crippen LogP contribution in [-0.4, -0.2) is 11.0 Å². The fraction of sp³-hybridized carbons (Fsp3) is 0.455. The van der Waals surface area contributed by atoms with E-state index in [9.17, 15) is 26.3 Å². The Labute approximate surface area is 113 Å². The largest absolute Gasteiger partial charge is 0.433 e. The highest BCUT2D eigenvalue weighted by Gasteiger charge is 2.71. The van der Waals surface area contributed by atoms with Gasteiger partial charge in [0.05, 0.1) is 0 Å². The molecule has 0 spiro atoms. The van der Waals surface area contributed by atoms with E-state index in [0.29, 0.717) is 12.1 Å². The average Bonchev–Trinajstić information content (AvgIpc) is 2.25. The molecule has 0 saturated carbocycles. The third-order valence-corrected chi connectivity index (χ3v) is 3.25. The summed E-state index contributed by atoms with van der Waals surface area (Å²) in [6.45, 7) is 1.56. The Morgan fingerprint density at radius 1 is 1.11 bits per heavy atom. The van der Waals surface area contributed by atoms with E-state index in [4.69, 9.17) is 5.73 Å². The molecule has 1 atom stereocenters. The van der Waals surface area contributed by atoms with Crippen LogP contribution >= 0.6 is 15.9 Å². The van der Waals surface area contributed by atoms with E-state index >= 15 is 0 Å². The summed E-state index contributed by atoms with van der Waals surface area (Å²) in [6, 6.07) is 2.29. The first-order valence-electron chi connectivity index (χ1n) is 5.16. The van der Waals surface area contributed by atoms with Gasteiger partial charge in [-0.3, -0.25) is 0 Å². The van der Waals surface area contributed by atoms with Gasteiger partial charge in [0.1, 0.15) is 0 Å². The molecular weight excluding hydrogens is 340 g/mol. The van der Waals surface area contributed by atoms with Crippen LogP contribution in [0.25, 0.3) is 0 Å². The van der Waals surface area contributed by atoms with Crippen molar-refractivity contribution in [1.29, 1.82) is 0 Å².